The van der Waals surface area contributed by atoms with Gasteiger partial charge in [0.05, 0.1) is 11.6 Å². The first kappa shape index (κ1) is 12.2. The third-order valence-corrected chi connectivity index (χ3v) is 3.52. The van der Waals surface area contributed by atoms with E-state index in [2.05, 4.69) is 34.2 Å². The number of rotatable bonds is 6. The summed E-state index contributed by atoms with van der Waals surface area (Å²) >= 11 is 1.68. The largest absolute Gasteiger partial charge is 0.309 e. The summed E-state index contributed by atoms with van der Waals surface area (Å²) in [7, 11) is 0. The van der Waals surface area contributed by atoms with Crippen LogP contribution in [0.4, 0.5) is 0 Å². The average Bonchev–Trinajstić information content (AvgIpc) is 2.99. The highest BCUT2D eigenvalue weighted by molar-refractivity contribution is 7.09. The third kappa shape index (κ3) is 2.89. The lowest BCUT2D eigenvalue weighted by Crippen LogP contribution is -2.23. The molecule has 0 aliphatic rings. The van der Waals surface area contributed by atoms with Crippen LogP contribution >= 0.6 is 11.3 Å². The smallest absolute Gasteiger partial charge is 0.138 e. The zero-order valence-electron chi connectivity index (χ0n) is 10.1. The molecule has 0 fully saturated rings. The number of nitrogens with zero attached hydrogens (tertiary/aromatic N) is 4. The third-order valence-electron chi connectivity index (χ3n) is 2.63. The van der Waals surface area contributed by atoms with Crippen molar-refractivity contribution in [2.75, 3.05) is 6.54 Å². The monoisotopic (exact) mass is 251 g/mol. The van der Waals surface area contributed by atoms with Gasteiger partial charge in [0, 0.05) is 24.0 Å². The van der Waals surface area contributed by atoms with E-state index in [1.165, 1.54) is 4.88 Å². The Morgan fingerprint density at radius 3 is 3.00 bits per heavy atom. The van der Waals surface area contributed by atoms with E-state index in [0.29, 0.717) is 0 Å². The normalized spacial score (nSPS) is 12.8. The van der Waals surface area contributed by atoms with E-state index in [1.54, 1.807) is 17.7 Å². The molecule has 92 valence electrons. The second-order valence-electron chi connectivity index (χ2n) is 3.71. The van der Waals surface area contributed by atoms with Gasteiger partial charge in [0.15, 0.2) is 0 Å². The van der Waals surface area contributed by atoms with Crippen LogP contribution < -0.4 is 5.32 Å². The highest BCUT2D eigenvalue weighted by Gasteiger charge is 2.15. The number of likely N-dealkylation sites (N-methyl/N-ethyl adjacent to an activating group) is 1. The average molecular weight is 251 g/mol. The Morgan fingerprint density at radius 2 is 2.35 bits per heavy atom. The first-order chi connectivity index (χ1) is 8.35. The standard InChI is InChI=1S/C11H17N5S/c1-3-13-9(10-6-12-8-17-10)5-11-14-7-15-16(11)4-2/h6-9,13H,3-5H2,1-2H3. The molecule has 5 nitrogen and oxygen atoms in total. The van der Waals surface area contributed by atoms with Gasteiger partial charge in [-0.2, -0.15) is 5.10 Å². The molecular weight excluding hydrogens is 234 g/mol. The first-order valence-electron chi connectivity index (χ1n) is 5.83. The van der Waals surface area contributed by atoms with E-state index >= 15 is 0 Å². The van der Waals surface area contributed by atoms with Crippen molar-refractivity contribution in [1.82, 2.24) is 25.1 Å². The lowest BCUT2D eigenvalue weighted by Gasteiger charge is -2.15. The van der Waals surface area contributed by atoms with Crippen LogP contribution in [0.2, 0.25) is 0 Å². The molecule has 2 rings (SSSR count). The Bertz CT molecular complexity index is 436. The Labute approximate surface area is 105 Å². The predicted molar refractivity (Wildman–Crippen MR) is 67.9 cm³/mol. The molecule has 0 aliphatic heterocycles. The second-order valence-corrected chi connectivity index (χ2v) is 4.63. The number of nitrogens with one attached hydrogen (secondary N) is 1. The first-order valence-corrected chi connectivity index (χ1v) is 6.71. The van der Waals surface area contributed by atoms with Crippen LogP contribution in [0.15, 0.2) is 18.0 Å². The van der Waals surface area contributed by atoms with Crippen molar-refractivity contribution in [1.29, 1.82) is 0 Å². The SMILES string of the molecule is CCNC(Cc1ncnn1CC)c1cncs1. The molecule has 17 heavy (non-hydrogen) atoms. The number of hydrogen-bond acceptors (Lipinski definition) is 5. The maximum atomic E-state index is 4.32. The Morgan fingerprint density at radius 1 is 1.47 bits per heavy atom. The molecule has 0 saturated heterocycles. The van der Waals surface area contributed by atoms with E-state index < -0.39 is 0 Å². The lowest BCUT2D eigenvalue weighted by molar-refractivity contribution is 0.515. The predicted octanol–water partition coefficient (Wildman–Crippen LogP) is 1.65. The van der Waals surface area contributed by atoms with Crippen molar-refractivity contribution in [3.05, 3.63) is 28.7 Å². The van der Waals surface area contributed by atoms with Crippen LogP contribution in [0.3, 0.4) is 0 Å². The Hall–Kier alpha value is -1.27. The summed E-state index contributed by atoms with van der Waals surface area (Å²) in [6, 6.07) is 0.280. The van der Waals surface area contributed by atoms with Gasteiger partial charge in [-0.05, 0) is 13.5 Å². The molecule has 6 heteroatoms. The van der Waals surface area contributed by atoms with E-state index in [9.17, 15) is 0 Å². The highest BCUT2D eigenvalue weighted by atomic mass is 32.1. The Balaban J connectivity index is 2.13. The van der Waals surface area contributed by atoms with Crippen LogP contribution in [0.5, 0.6) is 0 Å². The van der Waals surface area contributed by atoms with Gasteiger partial charge in [-0.1, -0.05) is 6.92 Å². The van der Waals surface area contributed by atoms with Crippen LogP contribution in [0, 0.1) is 0 Å². The molecule has 0 spiro atoms. The summed E-state index contributed by atoms with van der Waals surface area (Å²) < 4.78 is 1.94. The summed E-state index contributed by atoms with van der Waals surface area (Å²) in [5.41, 5.74) is 1.87. The van der Waals surface area contributed by atoms with Gasteiger partial charge >= 0.3 is 0 Å². The summed E-state index contributed by atoms with van der Waals surface area (Å²) in [6.07, 6.45) is 4.39. The van der Waals surface area contributed by atoms with Gasteiger partial charge < -0.3 is 5.32 Å². The van der Waals surface area contributed by atoms with E-state index in [-0.39, 0.29) is 6.04 Å². The molecule has 0 aliphatic carbocycles. The van der Waals surface area contributed by atoms with Crippen molar-refractivity contribution in [2.45, 2.75) is 32.9 Å². The molecule has 2 aromatic rings. The van der Waals surface area contributed by atoms with Gasteiger partial charge in [-0.25, -0.2) is 4.98 Å². The summed E-state index contributed by atoms with van der Waals surface area (Å²) in [5, 5.41) is 7.66. The molecule has 0 radical (unpaired) electrons. The molecule has 0 bridgehead atoms. The molecule has 0 aromatic carbocycles. The van der Waals surface area contributed by atoms with Crippen molar-refractivity contribution >= 4 is 11.3 Å². The lowest BCUT2D eigenvalue weighted by atomic mass is 10.1. The van der Waals surface area contributed by atoms with Crippen LogP contribution in [-0.4, -0.2) is 26.3 Å². The van der Waals surface area contributed by atoms with Gasteiger partial charge in [0.2, 0.25) is 0 Å². The fraction of sp³-hybridized carbons (Fsp3) is 0.545. The minimum absolute atomic E-state index is 0.280. The van der Waals surface area contributed by atoms with Crippen molar-refractivity contribution < 1.29 is 0 Å². The molecule has 0 amide bonds. The number of aryl methyl sites for hydroxylation is 1. The van der Waals surface area contributed by atoms with E-state index in [4.69, 9.17) is 0 Å². The Kier molecular flexibility index (Phi) is 4.22. The van der Waals surface area contributed by atoms with Gasteiger partial charge in [-0.15, -0.1) is 11.3 Å². The van der Waals surface area contributed by atoms with E-state index in [1.807, 2.05) is 16.4 Å². The fourth-order valence-electron chi connectivity index (χ4n) is 1.81. The second kappa shape index (κ2) is 5.88. The number of hydrogen-bond donors (Lipinski definition) is 1. The van der Waals surface area contributed by atoms with Crippen LogP contribution in [0.1, 0.15) is 30.6 Å². The quantitative estimate of drug-likeness (QED) is 0.848. The van der Waals surface area contributed by atoms with Crippen molar-refractivity contribution in [3.8, 4) is 0 Å². The minimum atomic E-state index is 0.280. The zero-order valence-corrected chi connectivity index (χ0v) is 10.9. The summed E-state index contributed by atoms with van der Waals surface area (Å²) in [6.45, 7) is 5.98. The number of aromatic nitrogens is 4. The maximum absolute atomic E-state index is 4.32. The summed E-state index contributed by atoms with van der Waals surface area (Å²) in [4.78, 5) is 9.70. The molecule has 2 heterocycles. The molecule has 1 unspecified atom stereocenters. The van der Waals surface area contributed by atoms with Crippen LogP contribution in [-0.2, 0) is 13.0 Å². The molecular formula is C11H17N5S. The number of thiazole rings is 1. The van der Waals surface area contributed by atoms with Gasteiger partial charge in [0.25, 0.3) is 0 Å². The summed E-state index contributed by atoms with van der Waals surface area (Å²) in [5.74, 6) is 1.02. The van der Waals surface area contributed by atoms with E-state index in [0.717, 1.165) is 25.3 Å². The topological polar surface area (TPSA) is 55.6 Å². The minimum Gasteiger partial charge on any atom is -0.309 e. The fourth-order valence-corrected chi connectivity index (χ4v) is 2.51. The molecule has 1 N–H and O–H groups in total. The highest BCUT2D eigenvalue weighted by Crippen LogP contribution is 2.20. The van der Waals surface area contributed by atoms with Gasteiger partial charge in [-0.3, -0.25) is 9.67 Å². The van der Waals surface area contributed by atoms with Crippen molar-refractivity contribution in [3.63, 3.8) is 0 Å². The van der Waals surface area contributed by atoms with Crippen LogP contribution in [0.25, 0.3) is 0 Å². The maximum Gasteiger partial charge on any atom is 0.138 e. The van der Waals surface area contributed by atoms with Crippen molar-refractivity contribution in [2.24, 2.45) is 0 Å². The molecule has 0 saturated carbocycles. The molecule has 2 aromatic heterocycles. The van der Waals surface area contributed by atoms with Gasteiger partial charge in [0.1, 0.15) is 12.2 Å². The zero-order chi connectivity index (χ0) is 12.1. The molecule has 1 atom stereocenters.